The van der Waals surface area contributed by atoms with E-state index in [1.165, 1.54) is 6.20 Å². The number of nitrogens with zero attached hydrogens (tertiary/aromatic N) is 2. The molecule has 0 saturated carbocycles. The number of nitrogens with one attached hydrogen (secondary N) is 1. The molecule has 6 heteroatoms. The molecule has 1 aromatic carbocycles. The van der Waals surface area contributed by atoms with Crippen LogP contribution in [0.1, 0.15) is 47.1 Å². The highest BCUT2D eigenvalue weighted by Gasteiger charge is 2.10. The van der Waals surface area contributed by atoms with Gasteiger partial charge in [-0.05, 0) is 38.5 Å². The van der Waals surface area contributed by atoms with Gasteiger partial charge in [0, 0.05) is 17.8 Å². The standard InChI is InChI=1S/C17H21N3O3/c1-4-23-17(22)15-9-18-20(11-15)10-13-5-7-14(8-6-13)16(21)19-12(2)3/h5-9,11-12H,4,10H2,1-3H3,(H,19,21). The molecule has 0 unspecified atom stereocenters. The fourth-order valence-electron chi connectivity index (χ4n) is 2.06. The summed E-state index contributed by atoms with van der Waals surface area (Å²) in [5.41, 5.74) is 2.04. The maximum atomic E-state index is 11.9. The first-order valence-electron chi connectivity index (χ1n) is 7.59. The summed E-state index contributed by atoms with van der Waals surface area (Å²) in [6.45, 7) is 6.46. The van der Waals surface area contributed by atoms with Crippen LogP contribution in [0, 0.1) is 0 Å². The Kier molecular flexibility index (Phi) is 5.51. The van der Waals surface area contributed by atoms with Crippen LogP contribution in [0.25, 0.3) is 0 Å². The number of benzene rings is 1. The van der Waals surface area contributed by atoms with Crippen LogP contribution in [-0.4, -0.2) is 34.3 Å². The predicted molar refractivity (Wildman–Crippen MR) is 86.3 cm³/mol. The molecule has 1 heterocycles. The summed E-state index contributed by atoms with van der Waals surface area (Å²) >= 11 is 0. The number of aromatic nitrogens is 2. The first kappa shape index (κ1) is 16.7. The SMILES string of the molecule is CCOC(=O)c1cnn(Cc2ccc(C(=O)NC(C)C)cc2)c1. The van der Waals surface area contributed by atoms with E-state index in [9.17, 15) is 9.59 Å². The number of rotatable bonds is 6. The fraction of sp³-hybridized carbons (Fsp3) is 0.353. The lowest BCUT2D eigenvalue weighted by molar-refractivity contribution is 0.0526. The first-order valence-corrected chi connectivity index (χ1v) is 7.59. The fourth-order valence-corrected chi connectivity index (χ4v) is 2.06. The van der Waals surface area contributed by atoms with Gasteiger partial charge in [0.1, 0.15) is 0 Å². The molecule has 0 spiro atoms. The van der Waals surface area contributed by atoms with Crippen molar-refractivity contribution in [3.63, 3.8) is 0 Å². The molecule has 0 aliphatic heterocycles. The van der Waals surface area contributed by atoms with Crippen LogP contribution in [0.15, 0.2) is 36.7 Å². The van der Waals surface area contributed by atoms with Crippen LogP contribution in [0.3, 0.4) is 0 Å². The second-order valence-corrected chi connectivity index (χ2v) is 5.47. The molecule has 1 N–H and O–H groups in total. The van der Waals surface area contributed by atoms with Crippen molar-refractivity contribution in [3.05, 3.63) is 53.3 Å². The van der Waals surface area contributed by atoms with E-state index in [1.807, 2.05) is 26.0 Å². The third-order valence-electron chi connectivity index (χ3n) is 3.12. The second-order valence-electron chi connectivity index (χ2n) is 5.47. The van der Waals surface area contributed by atoms with Gasteiger partial charge in [0.25, 0.3) is 5.91 Å². The van der Waals surface area contributed by atoms with Gasteiger partial charge in [0.05, 0.1) is 24.9 Å². The van der Waals surface area contributed by atoms with Crippen molar-refractivity contribution in [2.75, 3.05) is 6.61 Å². The molecule has 0 fully saturated rings. The van der Waals surface area contributed by atoms with Gasteiger partial charge in [-0.3, -0.25) is 9.48 Å². The zero-order valence-electron chi connectivity index (χ0n) is 13.6. The average Bonchev–Trinajstić information content (AvgIpc) is 2.96. The highest BCUT2D eigenvalue weighted by Crippen LogP contribution is 2.08. The molecule has 0 saturated heterocycles. The van der Waals surface area contributed by atoms with Crippen LogP contribution in [0.2, 0.25) is 0 Å². The van der Waals surface area contributed by atoms with Gasteiger partial charge in [0.15, 0.2) is 0 Å². The van der Waals surface area contributed by atoms with Gasteiger partial charge in [-0.25, -0.2) is 4.79 Å². The highest BCUT2D eigenvalue weighted by molar-refractivity contribution is 5.94. The lowest BCUT2D eigenvalue weighted by Crippen LogP contribution is -2.29. The van der Waals surface area contributed by atoms with Gasteiger partial charge in [-0.2, -0.15) is 5.10 Å². The van der Waals surface area contributed by atoms with Crippen molar-refractivity contribution in [2.24, 2.45) is 0 Å². The van der Waals surface area contributed by atoms with E-state index >= 15 is 0 Å². The number of esters is 1. The quantitative estimate of drug-likeness (QED) is 0.830. The molecule has 0 radical (unpaired) electrons. The number of hydrogen-bond acceptors (Lipinski definition) is 4. The molecule has 23 heavy (non-hydrogen) atoms. The largest absolute Gasteiger partial charge is 0.462 e. The minimum atomic E-state index is -0.376. The predicted octanol–water partition coefficient (Wildman–Crippen LogP) is 2.25. The van der Waals surface area contributed by atoms with E-state index in [2.05, 4.69) is 10.4 Å². The van der Waals surface area contributed by atoms with E-state index < -0.39 is 0 Å². The summed E-state index contributed by atoms with van der Waals surface area (Å²) < 4.78 is 6.59. The van der Waals surface area contributed by atoms with Gasteiger partial charge >= 0.3 is 5.97 Å². The second kappa shape index (κ2) is 7.58. The van der Waals surface area contributed by atoms with Crippen molar-refractivity contribution in [3.8, 4) is 0 Å². The number of amides is 1. The summed E-state index contributed by atoms with van der Waals surface area (Å²) in [7, 11) is 0. The Balaban J connectivity index is 2.01. The van der Waals surface area contributed by atoms with Gasteiger partial charge in [-0.1, -0.05) is 12.1 Å². The van der Waals surface area contributed by atoms with Gasteiger partial charge in [0.2, 0.25) is 0 Å². The molecule has 2 aromatic rings. The Morgan fingerprint density at radius 1 is 1.22 bits per heavy atom. The van der Waals surface area contributed by atoms with Crippen molar-refractivity contribution < 1.29 is 14.3 Å². The lowest BCUT2D eigenvalue weighted by Gasteiger charge is -2.09. The number of carbonyl (C=O) groups excluding carboxylic acids is 2. The maximum absolute atomic E-state index is 11.9. The minimum absolute atomic E-state index is 0.0877. The minimum Gasteiger partial charge on any atom is -0.462 e. The zero-order chi connectivity index (χ0) is 16.8. The topological polar surface area (TPSA) is 73.2 Å². The van der Waals surface area contributed by atoms with E-state index in [4.69, 9.17) is 4.74 Å². The number of ether oxygens (including phenoxy) is 1. The Morgan fingerprint density at radius 3 is 2.52 bits per heavy atom. The van der Waals surface area contributed by atoms with Crippen LogP contribution < -0.4 is 5.32 Å². The van der Waals surface area contributed by atoms with Crippen molar-refractivity contribution in [2.45, 2.75) is 33.4 Å². The van der Waals surface area contributed by atoms with E-state index in [1.54, 1.807) is 29.9 Å². The summed E-state index contributed by atoms with van der Waals surface area (Å²) in [5, 5.41) is 7.00. The van der Waals surface area contributed by atoms with Crippen molar-refractivity contribution >= 4 is 11.9 Å². The molecule has 122 valence electrons. The summed E-state index contributed by atoms with van der Waals surface area (Å²) in [5.74, 6) is -0.463. The van der Waals surface area contributed by atoms with E-state index in [0.29, 0.717) is 24.3 Å². The van der Waals surface area contributed by atoms with Crippen LogP contribution in [0.4, 0.5) is 0 Å². The Labute approximate surface area is 135 Å². The van der Waals surface area contributed by atoms with Crippen LogP contribution in [-0.2, 0) is 11.3 Å². The third kappa shape index (κ3) is 4.67. The molecule has 0 bridgehead atoms. The van der Waals surface area contributed by atoms with E-state index in [0.717, 1.165) is 5.56 Å². The smallest absolute Gasteiger partial charge is 0.341 e. The van der Waals surface area contributed by atoms with Crippen molar-refractivity contribution in [1.82, 2.24) is 15.1 Å². The Hall–Kier alpha value is -2.63. The van der Waals surface area contributed by atoms with Gasteiger partial charge in [-0.15, -0.1) is 0 Å². The number of carbonyl (C=O) groups is 2. The maximum Gasteiger partial charge on any atom is 0.341 e. The Morgan fingerprint density at radius 2 is 1.91 bits per heavy atom. The number of hydrogen-bond donors (Lipinski definition) is 1. The lowest BCUT2D eigenvalue weighted by atomic mass is 10.1. The molecule has 2 rings (SSSR count). The third-order valence-corrected chi connectivity index (χ3v) is 3.12. The Bertz CT molecular complexity index is 675. The molecule has 0 aliphatic carbocycles. The molecule has 1 amide bonds. The summed E-state index contributed by atoms with van der Waals surface area (Å²) in [4.78, 5) is 23.5. The van der Waals surface area contributed by atoms with Gasteiger partial charge < -0.3 is 10.1 Å². The first-order chi connectivity index (χ1) is 11.0. The average molecular weight is 315 g/mol. The van der Waals surface area contributed by atoms with Crippen LogP contribution in [0.5, 0.6) is 0 Å². The molecular weight excluding hydrogens is 294 g/mol. The molecule has 6 nitrogen and oxygen atoms in total. The van der Waals surface area contributed by atoms with E-state index in [-0.39, 0.29) is 17.9 Å². The normalized spacial score (nSPS) is 10.6. The zero-order valence-corrected chi connectivity index (χ0v) is 13.6. The molecule has 0 aliphatic rings. The molecular formula is C17H21N3O3. The molecule has 0 atom stereocenters. The summed E-state index contributed by atoms with van der Waals surface area (Å²) in [6.07, 6.45) is 3.14. The highest BCUT2D eigenvalue weighted by atomic mass is 16.5. The summed E-state index contributed by atoms with van der Waals surface area (Å²) in [6, 6.07) is 7.42. The van der Waals surface area contributed by atoms with Crippen LogP contribution >= 0.6 is 0 Å². The monoisotopic (exact) mass is 315 g/mol. The molecule has 1 aromatic heterocycles. The van der Waals surface area contributed by atoms with Crippen molar-refractivity contribution in [1.29, 1.82) is 0 Å².